The van der Waals surface area contributed by atoms with E-state index in [0.29, 0.717) is 0 Å². The molecular formula is C57H37NO2S. The number of thiophene rings is 1. The van der Waals surface area contributed by atoms with E-state index in [2.05, 4.69) is 201 Å². The molecule has 0 fully saturated rings. The summed E-state index contributed by atoms with van der Waals surface area (Å²) in [5.74, 6) is 0. The molecule has 3 aromatic heterocycles. The van der Waals surface area contributed by atoms with Gasteiger partial charge in [0.2, 0.25) is 0 Å². The summed E-state index contributed by atoms with van der Waals surface area (Å²) in [6.07, 6.45) is 0. The number of hydrogen-bond donors (Lipinski definition) is 0. The Hall–Kier alpha value is -7.40. The van der Waals surface area contributed by atoms with Gasteiger partial charge in [0.05, 0.1) is 0 Å². The van der Waals surface area contributed by atoms with Gasteiger partial charge in [-0.25, -0.2) is 0 Å². The Balaban J connectivity index is 0.961. The molecule has 0 unspecified atom stereocenters. The van der Waals surface area contributed by atoms with Gasteiger partial charge >= 0.3 is 0 Å². The van der Waals surface area contributed by atoms with Gasteiger partial charge in [-0.2, -0.15) is 0 Å². The summed E-state index contributed by atoms with van der Waals surface area (Å²) in [4.78, 5) is 2.38. The standard InChI is InChI=1S/C57H37NO2S/c1-57(2)48-19-8-6-14-41(48)42-28-26-37(30-49(42)57)58(36-24-22-35(23-25-36)39-16-11-21-54-55(39)45-15-7-9-20-53(45)61-54)38-27-29-43-46-32-52-47(33-51(46)59-50(43)31-38)44-18-10-17-40(56(44)60-52)34-12-4-3-5-13-34/h3-33H,1-2H3. The van der Waals surface area contributed by atoms with Gasteiger partial charge < -0.3 is 13.7 Å². The van der Waals surface area contributed by atoms with Crippen LogP contribution in [0.4, 0.5) is 17.1 Å². The van der Waals surface area contributed by atoms with Crippen molar-refractivity contribution in [2.75, 3.05) is 4.90 Å². The van der Waals surface area contributed by atoms with Crippen LogP contribution < -0.4 is 4.90 Å². The third kappa shape index (κ3) is 5.09. The molecule has 1 aliphatic rings. The van der Waals surface area contributed by atoms with Crippen LogP contribution in [0.5, 0.6) is 0 Å². The van der Waals surface area contributed by atoms with Crippen molar-refractivity contribution in [2.24, 2.45) is 0 Å². The molecule has 0 radical (unpaired) electrons. The number of hydrogen-bond acceptors (Lipinski definition) is 4. The number of fused-ring (bicyclic) bond motifs is 12. The second kappa shape index (κ2) is 12.8. The van der Waals surface area contributed by atoms with E-state index in [9.17, 15) is 0 Å². The predicted molar refractivity (Wildman–Crippen MR) is 257 cm³/mol. The lowest BCUT2D eigenvalue weighted by Crippen LogP contribution is -2.16. The van der Waals surface area contributed by atoms with Crippen LogP contribution in [0, 0.1) is 0 Å². The first-order valence-corrected chi connectivity index (χ1v) is 21.7. The van der Waals surface area contributed by atoms with Crippen LogP contribution in [0.1, 0.15) is 25.0 Å². The molecule has 12 aromatic rings. The average molecular weight is 800 g/mol. The summed E-state index contributed by atoms with van der Waals surface area (Å²) in [6.45, 7) is 4.69. The van der Waals surface area contributed by atoms with Crippen LogP contribution in [0.15, 0.2) is 197 Å². The second-order valence-corrected chi connectivity index (χ2v) is 17.9. The number of furan rings is 2. The van der Waals surface area contributed by atoms with E-state index in [0.717, 1.165) is 72.1 Å². The molecule has 3 heterocycles. The van der Waals surface area contributed by atoms with E-state index >= 15 is 0 Å². The summed E-state index contributed by atoms with van der Waals surface area (Å²) < 4.78 is 16.1. The van der Waals surface area contributed by atoms with Gasteiger partial charge in [0, 0.05) is 75.8 Å². The molecule has 4 heteroatoms. The van der Waals surface area contributed by atoms with Crippen LogP contribution >= 0.6 is 11.3 Å². The highest BCUT2D eigenvalue weighted by Gasteiger charge is 2.36. The van der Waals surface area contributed by atoms with Gasteiger partial charge in [-0.3, -0.25) is 0 Å². The van der Waals surface area contributed by atoms with Crippen molar-refractivity contribution in [2.45, 2.75) is 19.3 Å². The minimum Gasteiger partial charge on any atom is -0.456 e. The molecular weight excluding hydrogens is 763 g/mol. The van der Waals surface area contributed by atoms with Crippen molar-refractivity contribution in [3.8, 4) is 33.4 Å². The highest BCUT2D eigenvalue weighted by atomic mass is 32.1. The normalized spacial score (nSPS) is 13.2. The van der Waals surface area contributed by atoms with E-state index in [1.807, 2.05) is 17.4 Å². The lowest BCUT2D eigenvalue weighted by molar-refractivity contribution is 0.660. The molecule has 0 spiro atoms. The van der Waals surface area contributed by atoms with E-state index < -0.39 is 0 Å². The minimum atomic E-state index is -0.134. The molecule has 0 atom stereocenters. The molecule has 0 saturated carbocycles. The Morgan fingerprint density at radius 2 is 1.00 bits per heavy atom. The van der Waals surface area contributed by atoms with Crippen LogP contribution in [-0.2, 0) is 5.41 Å². The van der Waals surface area contributed by atoms with Gasteiger partial charge in [-0.15, -0.1) is 11.3 Å². The number of benzene rings is 9. The van der Waals surface area contributed by atoms with Gasteiger partial charge in [0.25, 0.3) is 0 Å². The van der Waals surface area contributed by atoms with Crippen molar-refractivity contribution in [3.05, 3.63) is 199 Å². The summed E-state index contributed by atoms with van der Waals surface area (Å²) in [7, 11) is 0. The summed E-state index contributed by atoms with van der Waals surface area (Å²) in [5.41, 5.74) is 16.5. The van der Waals surface area contributed by atoms with Gasteiger partial charge in [-0.1, -0.05) is 135 Å². The summed E-state index contributed by atoms with van der Waals surface area (Å²) >= 11 is 1.86. The Morgan fingerprint density at radius 3 is 1.89 bits per heavy atom. The number of nitrogens with zero attached hydrogens (tertiary/aromatic N) is 1. The van der Waals surface area contributed by atoms with E-state index in [1.54, 1.807) is 0 Å². The SMILES string of the molecule is CC1(C)c2ccccc2-c2ccc(N(c3ccc(-c4cccc5sc6ccccc6c45)cc3)c3ccc4c(c3)oc3cc5c(cc34)oc3c(-c4ccccc4)cccc35)cc21. The van der Waals surface area contributed by atoms with E-state index in [-0.39, 0.29) is 5.41 Å². The van der Waals surface area contributed by atoms with Crippen molar-refractivity contribution >= 4 is 92.4 Å². The lowest BCUT2D eigenvalue weighted by Gasteiger charge is -2.28. The molecule has 61 heavy (non-hydrogen) atoms. The Labute approximate surface area is 356 Å². The Kier molecular flexibility index (Phi) is 7.23. The zero-order chi connectivity index (χ0) is 40.4. The monoisotopic (exact) mass is 799 g/mol. The zero-order valence-electron chi connectivity index (χ0n) is 33.6. The molecule has 0 bridgehead atoms. The second-order valence-electron chi connectivity index (χ2n) is 16.8. The fourth-order valence-corrected chi connectivity index (χ4v) is 11.3. The van der Waals surface area contributed by atoms with Crippen molar-refractivity contribution in [1.29, 1.82) is 0 Å². The molecule has 0 aliphatic heterocycles. The predicted octanol–water partition coefficient (Wildman–Crippen LogP) is 17.0. The third-order valence-electron chi connectivity index (χ3n) is 13.1. The van der Waals surface area contributed by atoms with Crippen LogP contribution in [0.3, 0.4) is 0 Å². The van der Waals surface area contributed by atoms with E-state index in [1.165, 1.54) is 53.6 Å². The molecule has 9 aromatic carbocycles. The van der Waals surface area contributed by atoms with Gasteiger partial charge in [0.1, 0.15) is 22.3 Å². The fourth-order valence-electron chi connectivity index (χ4n) is 10.1. The lowest BCUT2D eigenvalue weighted by atomic mass is 9.82. The largest absolute Gasteiger partial charge is 0.456 e. The molecule has 3 nitrogen and oxygen atoms in total. The van der Waals surface area contributed by atoms with Gasteiger partial charge in [-0.05, 0) is 99.6 Å². The van der Waals surface area contributed by atoms with Crippen LogP contribution in [-0.4, -0.2) is 0 Å². The Morgan fingerprint density at radius 1 is 0.393 bits per heavy atom. The van der Waals surface area contributed by atoms with Crippen molar-refractivity contribution in [1.82, 2.24) is 0 Å². The number of para-hydroxylation sites is 1. The molecule has 1 aliphatic carbocycles. The minimum absolute atomic E-state index is 0.134. The summed E-state index contributed by atoms with van der Waals surface area (Å²) in [6, 6.07) is 68.1. The zero-order valence-corrected chi connectivity index (χ0v) is 34.4. The van der Waals surface area contributed by atoms with Crippen molar-refractivity contribution < 1.29 is 8.83 Å². The molecule has 13 rings (SSSR count). The highest BCUT2D eigenvalue weighted by molar-refractivity contribution is 7.25. The molecule has 0 N–H and O–H groups in total. The van der Waals surface area contributed by atoms with Crippen LogP contribution in [0.2, 0.25) is 0 Å². The topological polar surface area (TPSA) is 29.5 Å². The maximum absolute atomic E-state index is 6.78. The number of rotatable bonds is 5. The maximum Gasteiger partial charge on any atom is 0.143 e. The first-order chi connectivity index (χ1) is 30.0. The molecule has 0 amide bonds. The first-order valence-electron chi connectivity index (χ1n) is 20.9. The fraction of sp³-hybridized carbons (Fsp3) is 0.0526. The Bertz CT molecular complexity index is 3740. The molecule has 288 valence electrons. The first kappa shape index (κ1) is 34.5. The average Bonchev–Trinajstić information content (AvgIpc) is 4.04. The van der Waals surface area contributed by atoms with Gasteiger partial charge in [0.15, 0.2) is 0 Å². The smallest absolute Gasteiger partial charge is 0.143 e. The maximum atomic E-state index is 6.78. The number of anilines is 3. The summed E-state index contributed by atoms with van der Waals surface area (Å²) in [5, 5.41) is 6.86. The van der Waals surface area contributed by atoms with Crippen molar-refractivity contribution in [3.63, 3.8) is 0 Å². The molecule has 0 saturated heterocycles. The van der Waals surface area contributed by atoms with Crippen LogP contribution in [0.25, 0.3) is 97.4 Å². The third-order valence-corrected chi connectivity index (χ3v) is 14.2. The van der Waals surface area contributed by atoms with E-state index in [4.69, 9.17) is 8.83 Å². The highest BCUT2D eigenvalue weighted by Crippen LogP contribution is 2.51. The quantitative estimate of drug-likeness (QED) is 0.174.